The van der Waals surface area contributed by atoms with Crippen LogP contribution in [0.15, 0.2) is 60.0 Å². The second-order valence-corrected chi connectivity index (χ2v) is 7.51. The number of rotatable bonds is 7. The molecule has 1 atom stereocenters. The fraction of sp³-hybridized carbons (Fsp3) is 0.263. The van der Waals surface area contributed by atoms with Crippen LogP contribution in [-0.2, 0) is 11.3 Å². The molecule has 0 bridgehead atoms. The minimum atomic E-state index is -4.46. The lowest BCUT2D eigenvalue weighted by atomic mass is 10.2. The smallest absolute Gasteiger partial charge is 0.346 e. The normalized spacial score (nSPS) is 12.6. The van der Waals surface area contributed by atoms with E-state index in [1.807, 2.05) is 40.2 Å². The Morgan fingerprint density at radius 2 is 1.83 bits per heavy atom. The van der Waals surface area contributed by atoms with E-state index >= 15 is 0 Å². The first-order chi connectivity index (χ1) is 13.8. The van der Waals surface area contributed by atoms with Gasteiger partial charge < -0.3 is 5.32 Å². The van der Waals surface area contributed by atoms with Gasteiger partial charge in [0.15, 0.2) is 11.0 Å². The summed E-state index contributed by atoms with van der Waals surface area (Å²) in [6.45, 7) is 0.616. The third-order valence-electron chi connectivity index (χ3n) is 3.95. The van der Waals surface area contributed by atoms with Crippen LogP contribution in [0.2, 0.25) is 0 Å². The van der Waals surface area contributed by atoms with Crippen LogP contribution in [0.1, 0.15) is 12.5 Å². The molecule has 29 heavy (non-hydrogen) atoms. The van der Waals surface area contributed by atoms with Crippen LogP contribution in [0.4, 0.5) is 13.2 Å². The Kier molecular flexibility index (Phi) is 6.53. The lowest BCUT2D eigenvalue weighted by Crippen LogP contribution is -2.38. The Labute approximate surface area is 169 Å². The van der Waals surface area contributed by atoms with Crippen LogP contribution in [0.3, 0.4) is 0 Å². The van der Waals surface area contributed by atoms with Crippen molar-refractivity contribution in [3.8, 4) is 11.4 Å². The van der Waals surface area contributed by atoms with Gasteiger partial charge in [0.05, 0.1) is 11.8 Å². The zero-order valence-electron chi connectivity index (χ0n) is 15.4. The number of hydrogen-bond donors (Lipinski definition) is 1. The van der Waals surface area contributed by atoms with E-state index in [1.165, 1.54) is 6.92 Å². The summed E-state index contributed by atoms with van der Waals surface area (Å²) in [5.74, 6) is -0.131. The highest BCUT2D eigenvalue weighted by atomic mass is 32.2. The Morgan fingerprint density at radius 1 is 1.14 bits per heavy atom. The molecule has 0 aliphatic carbocycles. The molecule has 0 fully saturated rings. The number of aromatic nitrogens is 4. The van der Waals surface area contributed by atoms with Crippen molar-refractivity contribution in [1.82, 2.24) is 25.1 Å². The van der Waals surface area contributed by atoms with Crippen LogP contribution in [0.25, 0.3) is 11.4 Å². The van der Waals surface area contributed by atoms with E-state index in [4.69, 9.17) is 0 Å². The molecule has 1 aromatic carbocycles. The van der Waals surface area contributed by atoms with Gasteiger partial charge in [-0.2, -0.15) is 13.2 Å². The highest BCUT2D eigenvalue weighted by molar-refractivity contribution is 8.00. The van der Waals surface area contributed by atoms with Crippen LogP contribution in [0.5, 0.6) is 0 Å². The summed E-state index contributed by atoms with van der Waals surface area (Å²) in [4.78, 5) is 16.0. The minimum Gasteiger partial charge on any atom is -0.346 e. The molecule has 0 aliphatic heterocycles. The zero-order valence-corrected chi connectivity index (χ0v) is 16.2. The Balaban J connectivity index is 1.84. The van der Waals surface area contributed by atoms with Crippen molar-refractivity contribution >= 4 is 17.7 Å². The van der Waals surface area contributed by atoms with Gasteiger partial charge in [-0.15, -0.1) is 10.2 Å². The van der Waals surface area contributed by atoms with Crippen molar-refractivity contribution < 1.29 is 18.0 Å². The van der Waals surface area contributed by atoms with Gasteiger partial charge in [0.2, 0.25) is 5.91 Å². The highest BCUT2D eigenvalue weighted by Gasteiger charge is 2.29. The van der Waals surface area contributed by atoms with Gasteiger partial charge >= 0.3 is 6.18 Å². The van der Waals surface area contributed by atoms with Crippen molar-refractivity contribution in [2.75, 3.05) is 6.54 Å². The summed E-state index contributed by atoms with van der Waals surface area (Å²) >= 11 is 1.06. The van der Waals surface area contributed by atoms with Crippen LogP contribution in [0, 0.1) is 0 Å². The van der Waals surface area contributed by atoms with Gasteiger partial charge in [-0.05, 0) is 24.6 Å². The van der Waals surface area contributed by atoms with E-state index < -0.39 is 23.9 Å². The average molecular weight is 421 g/mol. The van der Waals surface area contributed by atoms with Gasteiger partial charge in [0.1, 0.15) is 6.54 Å². The molecule has 6 nitrogen and oxygen atoms in total. The lowest BCUT2D eigenvalue weighted by molar-refractivity contribution is -0.137. The first-order valence-corrected chi connectivity index (χ1v) is 9.60. The Hall–Kier alpha value is -2.88. The first kappa shape index (κ1) is 20.8. The van der Waals surface area contributed by atoms with E-state index in [2.05, 4.69) is 15.2 Å². The van der Waals surface area contributed by atoms with Crippen LogP contribution < -0.4 is 5.32 Å². The number of benzene rings is 1. The summed E-state index contributed by atoms with van der Waals surface area (Å²) in [7, 11) is 0. The zero-order chi connectivity index (χ0) is 20.9. The molecular weight excluding hydrogens is 403 g/mol. The summed E-state index contributed by atoms with van der Waals surface area (Å²) in [5, 5.41) is 9.97. The first-order valence-electron chi connectivity index (χ1n) is 8.72. The molecule has 2 heterocycles. The van der Waals surface area contributed by atoms with E-state index in [9.17, 15) is 18.0 Å². The highest BCUT2D eigenvalue weighted by Crippen LogP contribution is 2.27. The number of nitrogens with zero attached hydrogens (tertiary/aromatic N) is 4. The number of carbonyl (C=O) groups excluding carboxylic acids is 1. The number of hydrogen-bond acceptors (Lipinski definition) is 5. The molecule has 0 saturated heterocycles. The second kappa shape index (κ2) is 9.08. The maximum atomic E-state index is 12.4. The third-order valence-corrected chi connectivity index (χ3v) is 5.03. The van der Waals surface area contributed by atoms with Crippen molar-refractivity contribution in [2.45, 2.75) is 30.1 Å². The largest absolute Gasteiger partial charge is 0.405 e. The predicted molar refractivity (Wildman–Crippen MR) is 103 cm³/mol. The van der Waals surface area contributed by atoms with Gasteiger partial charge in [0.25, 0.3) is 0 Å². The summed E-state index contributed by atoms with van der Waals surface area (Å²) in [5.41, 5.74) is 1.79. The molecule has 2 aromatic heterocycles. The van der Waals surface area contributed by atoms with Crippen molar-refractivity contribution in [2.24, 2.45) is 0 Å². The molecule has 0 radical (unpaired) electrons. The third kappa shape index (κ3) is 5.80. The topological polar surface area (TPSA) is 72.7 Å². The minimum absolute atomic E-state index is 0.440. The van der Waals surface area contributed by atoms with E-state index in [1.54, 1.807) is 24.5 Å². The maximum Gasteiger partial charge on any atom is 0.405 e. The maximum absolute atomic E-state index is 12.4. The monoisotopic (exact) mass is 421 g/mol. The number of halogens is 3. The second-order valence-electron chi connectivity index (χ2n) is 6.21. The molecule has 0 aliphatic rings. The molecule has 0 saturated carbocycles. The molecule has 3 aromatic rings. The Bertz CT molecular complexity index is 947. The fourth-order valence-electron chi connectivity index (χ4n) is 2.54. The summed E-state index contributed by atoms with van der Waals surface area (Å²) < 4.78 is 38.9. The van der Waals surface area contributed by atoms with E-state index in [-0.39, 0.29) is 0 Å². The number of thioether (sulfide) groups is 1. The van der Waals surface area contributed by atoms with E-state index in [0.29, 0.717) is 17.5 Å². The SMILES string of the molecule is CC(Sc1nnc(-c2ccncc2)n1Cc1ccccc1)C(=O)NCC(F)(F)F. The molecular formula is C19H18F3N5OS. The molecule has 3 rings (SSSR count). The van der Waals surface area contributed by atoms with Crippen LogP contribution >= 0.6 is 11.8 Å². The van der Waals surface area contributed by atoms with Gasteiger partial charge in [-0.1, -0.05) is 42.1 Å². The van der Waals surface area contributed by atoms with Crippen molar-refractivity contribution in [3.05, 3.63) is 60.4 Å². The number of amides is 1. The molecule has 1 N–H and O–H groups in total. The lowest BCUT2D eigenvalue weighted by Gasteiger charge is -2.14. The van der Waals surface area contributed by atoms with Gasteiger partial charge in [-0.3, -0.25) is 14.3 Å². The summed E-state index contributed by atoms with van der Waals surface area (Å²) in [6.07, 6.45) is -1.18. The van der Waals surface area contributed by atoms with Gasteiger partial charge in [-0.25, -0.2) is 0 Å². The molecule has 152 valence electrons. The standard InChI is InChI=1S/C19H18F3N5OS/c1-13(17(28)24-12-19(20,21)22)29-18-26-25-16(15-7-9-23-10-8-15)27(18)11-14-5-3-2-4-6-14/h2-10,13H,11-12H2,1H3,(H,24,28). The van der Waals surface area contributed by atoms with E-state index in [0.717, 1.165) is 22.9 Å². The van der Waals surface area contributed by atoms with Crippen LogP contribution in [-0.4, -0.2) is 43.6 Å². The predicted octanol–water partition coefficient (Wildman–Crippen LogP) is 3.55. The Morgan fingerprint density at radius 3 is 2.48 bits per heavy atom. The number of carbonyl (C=O) groups is 1. The summed E-state index contributed by atoms with van der Waals surface area (Å²) in [6, 6.07) is 13.2. The van der Waals surface area contributed by atoms with Crippen molar-refractivity contribution in [1.29, 1.82) is 0 Å². The molecule has 1 unspecified atom stereocenters. The van der Waals surface area contributed by atoms with Crippen molar-refractivity contribution in [3.63, 3.8) is 0 Å². The number of pyridine rings is 1. The van der Waals surface area contributed by atoms with Gasteiger partial charge in [0, 0.05) is 18.0 Å². The average Bonchev–Trinajstić information content (AvgIpc) is 3.09. The number of nitrogens with one attached hydrogen (secondary N) is 1. The molecule has 1 amide bonds. The fourth-order valence-corrected chi connectivity index (χ4v) is 3.41. The molecule has 10 heteroatoms. The number of alkyl halides is 3. The quantitative estimate of drug-likeness (QED) is 0.591. The molecule has 0 spiro atoms.